The molecule has 0 aliphatic carbocycles. The molecule has 0 aliphatic heterocycles. The van der Waals surface area contributed by atoms with Gasteiger partial charge in [-0.1, -0.05) is 193 Å². The number of aliphatic hydroxyl groups excluding tert-OH is 2. The molecule has 0 aliphatic rings. The maximum atomic E-state index is 13.1. The topological polar surface area (TPSA) is 95.9 Å². The average molecular weight is 736 g/mol. The van der Waals surface area contributed by atoms with Crippen LogP contribution in [0.2, 0.25) is 0 Å². The normalized spacial score (nSPS) is 13.4. The molecule has 52 heavy (non-hydrogen) atoms. The second kappa shape index (κ2) is 40.8. The zero-order valence-corrected chi connectivity index (χ0v) is 35.0. The number of carbonyl (C=O) groups excluding carboxylic acids is 2. The van der Waals surface area contributed by atoms with Gasteiger partial charge < -0.3 is 20.3 Å². The third-order valence-electron chi connectivity index (χ3n) is 10.6. The summed E-state index contributed by atoms with van der Waals surface area (Å²) < 4.78 is 5.89. The van der Waals surface area contributed by atoms with Crippen molar-refractivity contribution in [1.82, 2.24) is 5.32 Å². The summed E-state index contributed by atoms with van der Waals surface area (Å²) >= 11 is 0. The molecule has 0 radical (unpaired) electrons. The molecule has 3 N–H and O–H groups in total. The van der Waals surface area contributed by atoms with Gasteiger partial charge in [0, 0.05) is 6.42 Å². The zero-order valence-electron chi connectivity index (χ0n) is 35.0. The number of nitrogens with one attached hydrogen (secondary N) is 1. The lowest BCUT2D eigenvalue weighted by atomic mass is 10.0. The SMILES string of the molecule is CCCCCC/C=C\CCCCCCCC(CC(=O)NC(CO)C(O)CCCCCCCCCCCC)OC(=O)CCCCCCCCCCCC. The zero-order chi connectivity index (χ0) is 38.2. The Hall–Kier alpha value is -1.40. The second-order valence-electron chi connectivity index (χ2n) is 15.8. The van der Waals surface area contributed by atoms with Crippen LogP contribution in [-0.2, 0) is 14.3 Å². The average Bonchev–Trinajstić information content (AvgIpc) is 3.13. The number of hydrogen-bond donors (Lipinski definition) is 3. The summed E-state index contributed by atoms with van der Waals surface area (Å²) in [7, 11) is 0. The number of allylic oxidation sites excluding steroid dienone is 2. The van der Waals surface area contributed by atoms with Gasteiger partial charge in [-0.2, -0.15) is 0 Å². The third kappa shape index (κ3) is 35.6. The van der Waals surface area contributed by atoms with E-state index < -0.39 is 18.2 Å². The van der Waals surface area contributed by atoms with Gasteiger partial charge in [0.1, 0.15) is 6.10 Å². The first-order valence-electron chi connectivity index (χ1n) is 22.9. The lowest BCUT2D eigenvalue weighted by Gasteiger charge is -2.24. The minimum atomic E-state index is -0.781. The first-order chi connectivity index (χ1) is 25.5. The van der Waals surface area contributed by atoms with Crippen molar-refractivity contribution in [1.29, 1.82) is 0 Å². The summed E-state index contributed by atoms with van der Waals surface area (Å²) in [5, 5.41) is 23.6. The highest BCUT2D eigenvalue weighted by Crippen LogP contribution is 2.17. The molecule has 0 spiro atoms. The summed E-state index contributed by atoms with van der Waals surface area (Å²) in [4.78, 5) is 25.9. The summed E-state index contributed by atoms with van der Waals surface area (Å²) in [5.74, 6) is -0.474. The number of unbranched alkanes of at least 4 members (excludes halogenated alkanes) is 27. The second-order valence-corrected chi connectivity index (χ2v) is 15.8. The van der Waals surface area contributed by atoms with Crippen molar-refractivity contribution in [2.45, 2.75) is 264 Å². The van der Waals surface area contributed by atoms with Crippen molar-refractivity contribution < 1.29 is 24.5 Å². The maximum Gasteiger partial charge on any atom is 0.306 e. The molecule has 3 atom stereocenters. The van der Waals surface area contributed by atoms with Crippen molar-refractivity contribution >= 4 is 11.9 Å². The van der Waals surface area contributed by atoms with E-state index in [0.29, 0.717) is 19.3 Å². The number of amides is 1. The van der Waals surface area contributed by atoms with Gasteiger partial charge in [-0.15, -0.1) is 0 Å². The fourth-order valence-electron chi connectivity index (χ4n) is 7.07. The third-order valence-corrected chi connectivity index (χ3v) is 10.6. The van der Waals surface area contributed by atoms with Gasteiger partial charge in [-0.05, 0) is 51.4 Å². The van der Waals surface area contributed by atoms with E-state index in [-0.39, 0.29) is 24.9 Å². The van der Waals surface area contributed by atoms with Crippen LogP contribution in [0.5, 0.6) is 0 Å². The standard InChI is InChI=1S/C46H89NO5/c1-4-7-10-13-16-19-22-23-24-25-28-31-34-37-42(52-46(51)39-36-33-30-27-21-18-15-12-9-6-3)40-45(50)47-43(41-48)44(49)38-35-32-29-26-20-17-14-11-8-5-2/h19,22,42-44,48-49H,4-18,20-21,23-41H2,1-3H3,(H,47,50)/b22-19-. The Morgan fingerprint density at radius 3 is 1.38 bits per heavy atom. The van der Waals surface area contributed by atoms with Crippen LogP contribution >= 0.6 is 0 Å². The van der Waals surface area contributed by atoms with Gasteiger partial charge in [0.05, 0.1) is 25.2 Å². The smallest absolute Gasteiger partial charge is 0.306 e. The van der Waals surface area contributed by atoms with Crippen molar-refractivity contribution in [2.24, 2.45) is 0 Å². The first kappa shape index (κ1) is 50.6. The van der Waals surface area contributed by atoms with Crippen LogP contribution in [0.3, 0.4) is 0 Å². The fourth-order valence-corrected chi connectivity index (χ4v) is 7.07. The molecule has 0 fully saturated rings. The van der Waals surface area contributed by atoms with E-state index in [1.807, 2.05) is 0 Å². The Kier molecular flexibility index (Phi) is 39.7. The maximum absolute atomic E-state index is 13.1. The van der Waals surface area contributed by atoms with Crippen LogP contribution in [0.4, 0.5) is 0 Å². The Morgan fingerprint density at radius 1 is 0.538 bits per heavy atom. The van der Waals surface area contributed by atoms with Crippen LogP contribution in [0.1, 0.15) is 245 Å². The van der Waals surface area contributed by atoms with Gasteiger partial charge in [0.15, 0.2) is 0 Å². The number of aliphatic hydroxyl groups is 2. The number of rotatable bonds is 41. The molecule has 0 rings (SSSR count). The van der Waals surface area contributed by atoms with E-state index >= 15 is 0 Å². The fraction of sp³-hybridized carbons (Fsp3) is 0.913. The van der Waals surface area contributed by atoms with E-state index in [4.69, 9.17) is 4.74 Å². The van der Waals surface area contributed by atoms with Crippen molar-refractivity contribution in [2.75, 3.05) is 6.61 Å². The summed E-state index contributed by atoms with van der Waals surface area (Å²) in [6.07, 6.45) is 42.7. The van der Waals surface area contributed by atoms with E-state index in [1.54, 1.807) is 0 Å². The summed E-state index contributed by atoms with van der Waals surface area (Å²) in [6.45, 7) is 6.44. The van der Waals surface area contributed by atoms with Crippen molar-refractivity contribution in [3.05, 3.63) is 12.2 Å². The Morgan fingerprint density at radius 2 is 0.923 bits per heavy atom. The predicted octanol–water partition coefficient (Wildman–Crippen LogP) is 13.0. The molecule has 0 aromatic carbocycles. The Bertz CT molecular complexity index is 787. The Balaban J connectivity index is 4.59. The molecule has 0 bridgehead atoms. The Labute approximate surface area is 323 Å². The van der Waals surface area contributed by atoms with Gasteiger partial charge in [-0.3, -0.25) is 9.59 Å². The van der Waals surface area contributed by atoms with Crippen LogP contribution in [0, 0.1) is 0 Å². The molecule has 1 amide bonds. The van der Waals surface area contributed by atoms with E-state index in [9.17, 15) is 19.8 Å². The molecule has 6 heteroatoms. The summed E-state index contributed by atoms with van der Waals surface area (Å²) in [5.41, 5.74) is 0. The van der Waals surface area contributed by atoms with Crippen LogP contribution in [0.15, 0.2) is 12.2 Å². The lowest BCUT2D eigenvalue weighted by Crippen LogP contribution is -2.46. The monoisotopic (exact) mass is 736 g/mol. The quantitative estimate of drug-likeness (QED) is 0.0330. The van der Waals surface area contributed by atoms with Crippen molar-refractivity contribution in [3.8, 4) is 0 Å². The van der Waals surface area contributed by atoms with E-state index in [1.165, 1.54) is 141 Å². The molecule has 308 valence electrons. The molecular formula is C46H89NO5. The van der Waals surface area contributed by atoms with Gasteiger partial charge in [0.25, 0.3) is 0 Å². The molecule has 6 nitrogen and oxygen atoms in total. The highest BCUT2D eigenvalue weighted by Gasteiger charge is 2.24. The minimum absolute atomic E-state index is 0.0777. The number of carbonyl (C=O) groups is 2. The van der Waals surface area contributed by atoms with E-state index in [0.717, 1.165) is 57.8 Å². The van der Waals surface area contributed by atoms with Gasteiger partial charge in [0.2, 0.25) is 5.91 Å². The largest absolute Gasteiger partial charge is 0.462 e. The van der Waals surface area contributed by atoms with Gasteiger partial charge in [-0.25, -0.2) is 0 Å². The van der Waals surface area contributed by atoms with Crippen LogP contribution in [-0.4, -0.2) is 46.9 Å². The molecule has 0 aromatic heterocycles. The van der Waals surface area contributed by atoms with Crippen LogP contribution < -0.4 is 5.32 Å². The highest BCUT2D eigenvalue weighted by atomic mass is 16.5. The molecule has 0 heterocycles. The lowest BCUT2D eigenvalue weighted by molar-refractivity contribution is -0.151. The highest BCUT2D eigenvalue weighted by molar-refractivity contribution is 5.77. The number of esters is 1. The minimum Gasteiger partial charge on any atom is -0.462 e. The number of ether oxygens (including phenoxy) is 1. The molecule has 0 aromatic rings. The van der Waals surface area contributed by atoms with E-state index in [2.05, 4.69) is 38.2 Å². The first-order valence-corrected chi connectivity index (χ1v) is 22.9. The van der Waals surface area contributed by atoms with Crippen LogP contribution in [0.25, 0.3) is 0 Å². The van der Waals surface area contributed by atoms with Gasteiger partial charge >= 0.3 is 5.97 Å². The predicted molar refractivity (Wildman–Crippen MR) is 223 cm³/mol. The molecule has 0 saturated carbocycles. The number of hydrogen-bond acceptors (Lipinski definition) is 5. The van der Waals surface area contributed by atoms with Crippen molar-refractivity contribution in [3.63, 3.8) is 0 Å². The molecular weight excluding hydrogens is 647 g/mol. The summed E-state index contributed by atoms with van der Waals surface area (Å²) in [6, 6.07) is -0.695. The molecule has 0 saturated heterocycles. The molecule has 3 unspecified atom stereocenters.